The van der Waals surface area contributed by atoms with Gasteiger partial charge in [-0.2, -0.15) is 0 Å². The minimum atomic E-state index is -0.113. The predicted octanol–water partition coefficient (Wildman–Crippen LogP) is 4.06. The van der Waals surface area contributed by atoms with Gasteiger partial charge in [0.15, 0.2) is 11.0 Å². The first-order chi connectivity index (χ1) is 15.7. The van der Waals surface area contributed by atoms with Gasteiger partial charge in [-0.1, -0.05) is 66.4 Å². The van der Waals surface area contributed by atoms with Gasteiger partial charge in [0, 0.05) is 6.54 Å². The molecule has 1 aromatic heterocycles. The molecule has 0 saturated carbocycles. The summed E-state index contributed by atoms with van der Waals surface area (Å²) < 4.78 is 7.33. The van der Waals surface area contributed by atoms with Crippen LogP contribution < -0.4 is 10.1 Å². The van der Waals surface area contributed by atoms with E-state index < -0.39 is 0 Å². The molecule has 0 aliphatic heterocycles. The summed E-state index contributed by atoms with van der Waals surface area (Å²) in [6.07, 6.45) is 0. The van der Waals surface area contributed by atoms with Crippen molar-refractivity contribution in [3.63, 3.8) is 0 Å². The fraction of sp³-hybridized carbons (Fsp3) is 0.125. The number of aromatic hydroxyl groups is 1. The number of amides is 1. The van der Waals surface area contributed by atoms with Crippen molar-refractivity contribution in [1.29, 1.82) is 0 Å². The van der Waals surface area contributed by atoms with Crippen molar-refractivity contribution in [2.45, 2.75) is 11.7 Å². The predicted molar refractivity (Wildman–Crippen MR) is 124 cm³/mol. The summed E-state index contributed by atoms with van der Waals surface area (Å²) in [6.45, 7) is 0.461. The second-order valence-corrected chi connectivity index (χ2v) is 7.82. The third-order valence-corrected chi connectivity index (χ3v) is 5.70. The zero-order valence-electron chi connectivity index (χ0n) is 17.4. The Kier molecular flexibility index (Phi) is 6.72. The van der Waals surface area contributed by atoms with Crippen molar-refractivity contribution in [3.05, 3.63) is 84.4 Å². The number of nitrogens with one attached hydrogen (secondary N) is 1. The number of hydrogen-bond donors (Lipinski definition) is 2. The molecule has 1 amide bonds. The molecule has 7 nitrogen and oxygen atoms in total. The van der Waals surface area contributed by atoms with Crippen LogP contribution in [0.3, 0.4) is 0 Å². The average molecular weight is 447 g/mol. The third kappa shape index (κ3) is 4.76. The number of methoxy groups -OCH3 is 1. The molecule has 3 aromatic carbocycles. The summed E-state index contributed by atoms with van der Waals surface area (Å²) in [4.78, 5) is 12.4. The SMILES string of the molecule is COc1ccccc1-n1c(SCC(=O)NCc2ccccc2)nnc1-c1ccccc1O. The molecule has 162 valence electrons. The molecule has 0 radical (unpaired) electrons. The Bertz CT molecular complexity index is 1210. The number of ether oxygens (including phenoxy) is 1. The Labute approximate surface area is 190 Å². The second kappa shape index (κ2) is 10.0. The van der Waals surface area contributed by atoms with E-state index in [1.807, 2.05) is 60.7 Å². The maximum absolute atomic E-state index is 12.4. The monoisotopic (exact) mass is 446 g/mol. The van der Waals surface area contributed by atoms with Crippen molar-refractivity contribution in [1.82, 2.24) is 20.1 Å². The molecule has 8 heteroatoms. The van der Waals surface area contributed by atoms with E-state index in [0.29, 0.717) is 34.5 Å². The summed E-state index contributed by atoms with van der Waals surface area (Å²) in [6, 6.07) is 24.1. The first-order valence-corrected chi connectivity index (χ1v) is 11.0. The number of carbonyl (C=O) groups excluding carboxylic acids is 1. The molecular formula is C24H22N4O3S. The smallest absolute Gasteiger partial charge is 0.230 e. The number of benzene rings is 3. The van der Waals surface area contributed by atoms with Crippen molar-refractivity contribution in [2.24, 2.45) is 0 Å². The molecule has 0 atom stereocenters. The van der Waals surface area contributed by atoms with Gasteiger partial charge in [-0.15, -0.1) is 10.2 Å². The van der Waals surface area contributed by atoms with E-state index in [4.69, 9.17) is 4.74 Å². The first kappa shape index (κ1) is 21.5. The lowest BCUT2D eigenvalue weighted by Gasteiger charge is -2.14. The Morgan fingerprint density at radius 2 is 1.72 bits per heavy atom. The van der Waals surface area contributed by atoms with Gasteiger partial charge in [0.05, 0.1) is 24.1 Å². The highest BCUT2D eigenvalue weighted by Gasteiger charge is 2.21. The van der Waals surface area contributed by atoms with E-state index >= 15 is 0 Å². The Balaban J connectivity index is 1.61. The van der Waals surface area contributed by atoms with Crippen LogP contribution in [0.1, 0.15) is 5.56 Å². The molecule has 0 aliphatic carbocycles. The highest BCUT2D eigenvalue weighted by molar-refractivity contribution is 7.99. The molecule has 0 fully saturated rings. The van der Waals surface area contributed by atoms with E-state index in [0.717, 1.165) is 5.56 Å². The van der Waals surface area contributed by atoms with Gasteiger partial charge < -0.3 is 15.2 Å². The maximum Gasteiger partial charge on any atom is 0.230 e. The lowest BCUT2D eigenvalue weighted by molar-refractivity contribution is -0.118. The van der Waals surface area contributed by atoms with Crippen LogP contribution in [-0.2, 0) is 11.3 Å². The largest absolute Gasteiger partial charge is 0.507 e. The van der Waals surface area contributed by atoms with Gasteiger partial charge in [0.25, 0.3) is 0 Å². The quantitative estimate of drug-likeness (QED) is 0.397. The van der Waals surface area contributed by atoms with Crippen LogP contribution in [0.2, 0.25) is 0 Å². The number of hydrogen-bond acceptors (Lipinski definition) is 6. The maximum atomic E-state index is 12.4. The standard InChI is InChI=1S/C24H22N4O3S/c1-31-21-14-8-6-12-19(21)28-23(18-11-5-7-13-20(18)29)26-27-24(28)32-16-22(30)25-15-17-9-3-2-4-10-17/h2-14,29H,15-16H2,1H3,(H,25,30). The number of nitrogens with zero attached hydrogens (tertiary/aromatic N) is 3. The van der Waals surface area contributed by atoms with Crippen LogP contribution in [0.25, 0.3) is 17.1 Å². The van der Waals surface area contributed by atoms with E-state index in [1.54, 1.807) is 29.9 Å². The highest BCUT2D eigenvalue weighted by atomic mass is 32.2. The fourth-order valence-corrected chi connectivity index (χ4v) is 3.98. The Morgan fingerprint density at radius 3 is 2.50 bits per heavy atom. The van der Waals surface area contributed by atoms with Crippen LogP contribution in [0.5, 0.6) is 11.5 Å². The van der Waals surface area contributed by atoms with Crippen LogP contribution in [0.15, 0.2) is 84.0 Å². The minimum absolute atomic E-state index is 0.0909. The minimum Gasteiger partial charge on any atom is -0.507 e. The summed E-state index contributed by atoms with van der Waals surface area (Å²) in [5.74, 6) is 1.23. The average Bonchev–Trinajstić information content (AvgIpc) is 3.25. The molecular weight excluding hydrogens is 424 g/mol. The summed E-state index contributed by atoms with van der Waals surface area (Å²) in [5, 5.41) is 22.4. The highest BCUT2D eigenvalue weighted by Crippen LogP contribution is 2.35. The van der Waals surface area contributed by atoms with Gasteiger partial charge >= 0.3 is 0 Å². The number of phenolic OH excluding ortho intramolecular Hbond substituents is 1. The molecule has 4 rings (SSSR count). The van der Waals surface area contributed by atoms with E-state index in [2.05, 4.69) is 15.5 Å². The molecule has 2 N–H and O–H groups in total. The van der Waals surface area contributed by atoms with Gasteiger partial charge in [-0.05, 0) is 29.8 Å². The summed E-state index contributed by atoms with van der Waals surface area (Å²) >= 11 is 1.27. The number of thioether (sulfide) groups is 1. The summed E-state index contributed by atoms with van der Waals surface area (Å²) in [7, 11) is 1.59. The third-order valence-electron chi connectivity index (χ3n) is 4.77. The van der Waals surface area contributed by atoms with Gasteiger partial charge in [-0.25, -0.2) is 0 Å². The molecule has 1 heterocycles. The van der Waals surface area contributed by atoms with Crippen LogP contribution in [0.4, 0.5) is 0 Å². The Hall–Kier alpha value is -3.78. The number of aromatic nitrogens is 3. The zero-order valence-corrected chi connectivity index (χ0v) is 18.2. The fourth-order valence-electron chi connectivity index (χ4n) is 3.21. The number of carbonyl (C=O) groups is 1. The van der Waals surface area contributed by atoms with E-state index in [-0.39, 0.29) is 17.4 Å². The normalized spacial score (nSPS) is 10.7. The van der Waals surface area contributed by atoms with Crippen molar-refractivity contribution in [2.75, 3.05) is 12.9 Å². The van der Waals surface area contributed by atoms with Crippen LogP contribution in [0, 0.1) is 0 Å². The molecule has 0 saturated heterocycles. The van der Waals surface area contributed by atoms with Crippen LogP contribution in [-0.4, -0.2) is 38.6 Å². The number of phenols is 1. The molecule has 32 heavy (non-hydrogen) atoms. The van der Waals surface area contributed by atoms with Gasteiger partial charge in [-0.3, -0.25) is 9.36 Å². The molecule has 0 bridgehead atoms. The zero-order chi connectivity index (χ0) is 22.3. The number of rotatable bonds is 8. The van der Waals surface area contributed by atoms with Crippen LogP contribution >= 0.6 is 11.8 Å². The molecule has 0 aliphatic rings. The summed E-state index contributed by atoms with van der Waals surface area (Å²) in [5.41, 5.74) is 2.28. The lowest BCUT2D eigenvalue weighted by atomic mass is 10.2. The lowest BCUT2D eigenvalue weighted by Crippen LogP contribution is -2.24. The number of para-hydroxylation sites is 3. The molecule has 0 unspecified atom stereocenters. The van der Waals surface area contributed by atoms with Crippen molar-refractivity contribution >= 4 is 17.7 Å². The molecule has 4 aromatic rings. The topological polar surface area (TPSA) is 89.3 Å². The Morgan fingerprint density at radius 1 is 1.00 bits per heavy atom. The van der Waals surface area contributed by atoms with Crippen molar-refractivity contribution < 1.29 is 14.6 Å². The molecule has 0 spiro atoms. The van der Waals surface area contributed by atoms with E-state index in [9.17, 15) is 9.90 Å². The van der Waals surface area contributed by atoms with Crippen molar-refractivity contribution in [3.8, 4) is 28.6 Å². The second-order valence-electron chi connectivity index (χ2n) is 6.88. The van der Waals surface area contributed by atoms with E-state index in [1.165, 1.54) is 11.8 Å². The first-order valence-electron chi connectivity index (χ1n) is 9.98. The van der Waals surface area contributed by atoms with Gasteiger partial charge in [0.1, 0.15) is 11.5 Å². The van der Waals surface area contributed by atoms with Gasteiger partial charge in [0.2, 0.25) is 5.91 Å².